The number of likely N-dealkylation sites (N-methyl/N-ethyl adjacent to an activating group) is 1. The second-order valence-corrected chi connectivity index (χ2v) is 4.08. The molecule has 0 amide bonds. The maximum Gasteiger partial charge on any atom is 0.317 e. The van der Waals surface area contributed by atoms with E-state index in [2.05, 4.69) is 0 Å². The van der Waals surface area contributed by atoms with Gasteiger partial charge in [0.25, 0.3) is 0 Å². The number of aliphatic carboxylic acids is 1. The van der Waals surface area contributed by atoms with Crippen LogP contribution in [0.3, 0.4) is 0 Å². The first-order valence-electron chi connectivity index (χ1n) is 5.28. The number of carbonyl (C=O) groups is 1. The molecule has 0 saturated carbocycles. The molecule has 3 N–H and O–H groups in total. The molecule has 1 heterocycles. The molecule has 0 aliphatic heterocycles. The minimum absolute atomic E-state index is 0.0950. The molecule has 1 rings (SSSR count). The van der Waals surface area contributed by atoms with Crippen LogP contribution in [0.25, 0.3) is 0 Å². The minimum atomic E-state index is -1.000. The van der Waals surface area contributed by atoms with Crippen LogP contribution in [0.5, 0.6) is 5.75 Å². The van der Waals surface area contributed by atoms with E-state index in [-0.39, 0.29) is 25.4 Å². The molecule has 0 unspecified atom stereocenters. The van der Waals surface area contributed by atoms with Crippen LogP contribution >= 0.6 is 0 Å². The van der Waals surface area contributed by atoms with E-state index in [0.29, 0.717) is 5.69 Å². The SMILES string of the molecule is CN(CC(=O)O)Cc1c(O)c(=O)cc(CO)n1C. The fraction of sp³-hybridized carbons (Fsp3) is 0.455. The molecule has 0 bridgehead atoms. The van der Waals surface area contributed by atoms with Crippen LogP contribution in [0.15, 0.2) is 10.9 Å². The predicted octanol–water partition coefficient (Wildman–Crippen LogP) is -0.900. The molecule has 7 nitrogen and oxygen atoms in total. The third-order valence-electron chi connectivity index (χ3n) is 2.63. The number of nitrogens with zero attached hydrogens (tertiary/aromatic N) is 2. The van der Waals surface area contributed by atoms with Crippen LogP contribution in [-0.4, -0.2) is 44.3 Å². The lowest BCUT2D eigenvalue weighted by Gasteiger charge is -2.19. The molecular formula is C11H16N2O5. The number of aromatic nitrogens is 1. The van der Waals surface area contributed by atoms with E-state index in [9.17, 15) is 14.7 Å². The summed E-state index contributed by atoms with van der Waals surface area (Å²) in [5.41, 5.74) is 0.0442. The van der Waals surface area contributed by atoms with Gasteiger partial charge < -0.3 is 19.9 Å². The standard InChI is InChI=1S/C11H16N2O5/c1-12(5-10(16)17)4-8-11(18)9(15)3-7(6-14)13(8)2/h3,14,18H,4-6H2,1-2H3,(H,16,17). The molecular weight excluding hydrogens is 240 g/mol. The van der Waals surface area contributed by atoms with Crippen molar-refractivity contribution in [3.63, 3.8) is 0 Å². The van der Waals surface area contributed by atoms with E-state index < -0.39 is 17.1 Å². The summed E-state index contributed by atoms with van der Waals surface area (Å²) >= 11 is 0. The van der Waals surface area contributed by atoms with Crippen LogP contribution in [0.4, 0.5) is 0 Å². The lowest BCUT2D eigenvalue weighted by molar-refractivity contribution is -0.138. The zero-order chi connectivity index (χ0) is 13.9. The first-order valence-corrected chi connectivity index (χ1v) is 5.28. The van der Waals surface area contributed by atoms with E-state index in [0.717, 1.165) is 6.07 Å². The highest BCUT2D eigenvalue weighted by molar-refractivity contribution is 5.69. The number of hydrogen-bond donors (Lipinski definition) is 3. The first kappa shape index (κ1) is 14.2. The molecule has 1 aromatic rings. The smallest absolute Gasteiger partial charge is 0.317 e. The van der Waals surface area contributed by atoms with Gasteiger partial charge in [0.15, 0.2) is 5.75 Å². The highest BCUT2D eigenvalue weighted by atomic mass is 16.4. The van der Waals surface area contributed by atoms with Crippen molar-refractivity contribution < 1.29 is 20.1 Å². The van der Waals surface area contributed by atoms with E-state index in [1.165, 1.54) is 9.47 Å². The third-order valence-corrected chi connectivity index (χ3v) is 2.63. The summed E-state index contributed by atoms with van der Waals surface area (Å²) in [7, 11) is 3.15. The maximum absolute atomic E-state index is 11.5. The zero-order valence-corrected chi connectivity index (χ0v) is 10.3. The van der Waals surface area contributed by atoms with Crippen molar-refractivity contribution in [3.05, 3.63) is 27.7 Å². The summed E-state index contributed by atoms with van der Waals surface area (Å²) < 4.78 is 1.48. The summed E-state index contributed by atoms with van der Waals surface area (Å²) in [6.45, 7) is -0.448. The van der Waals surface area contributed by atoms with Crippen molar-refractivity contribution in [2.24, 2.45) is 7.05 Å². The first-order chi connectivity index (χ1) is 8.36. The Kier molecular flexibility index (Phi) is 4.46. The second kappa shape index (κ2) is 5.65. The van der Waals surface area contributed by atoms with Crippen molar-refractivity contribution in [3.8, 4) is 5.75 Å². The largest absolute Gasteiger partial charge is 0.503 e. The minimum Gasteiger partial charge on any atom is -0.503 e. The van der Waals surface area contributed by atoms with Crippen LogP contribution < -0.4 is 5.43 Å². The molecule has 7 heteroatoms. The average molecular weight is 256 g/mol. The number of aliphatic hydroxyl groups is 1. The molecule has 0 aliphatic carbocycles. The lowest BCUT2D eigenvalue weighted by atomic mass is 10.2. The number of carboxylic acids is 1. The predicted molar refractivity (Wildman–Crippen MR) is 63.2 cm³/mol. The van der Waals surface area contributed by atoms with E-state index in [1.54, 1.807) is 14.1 Å². The van der Waals surface area contributed by atoms with Crippen molar-refractivity contribution in [1.29, 1.82) is 0 Å². The molecule has 100 valence electrons. The molecule has 0 aliphatic rings. The number of rotatable bonds is 5. The van der Waals surface area contributed by atoms with Gasteiger partial charge in [-0.25, -0.2) is 0 Å². The fourth-order valence-electron chi connectivity index (χ4n) is 1.67. The molecule has 0 fully saturated rings. The Labute approximate surface area is 104 Å². The van der Waals surface area contributed by atoms with Crippen molar-refractivity contribution in [2.45, 2.75) is 13.2 Å². The summed E-state index contributed by atoms with van der Waals surface area (Å²) in [6, 6.07) is 1.15. The fourth-order valence-corrected chi connectivity index (χ4v) is 1.67. The maximum atomic E-state index is 11.5. The number of aromatic hydroxyl groups is 1. The monoisotopic (exact) mass is 256 g/mol. The molecule has 0 saturated heterocycles. The highest BCUT2D eigenvalue weighted by Crippen LogP contribution is 2.15. The van der Waals surface area contributed by atoms with Crippen LogP contribution in [0.1, 0.15) is 11.4 Å². The number of carboxylic acid groups (broad SMARTS) is 1. The molecule has 18 heavy (non-hydrogen) atoms. The van der Waals surface area contributed by atoms with Gasteiger partial charge in [0, 0.05) is 25.4 Å². The Bertz CT molecular complexity index is 509. The quantitative estimate of drug-likeness (QED) is 0.631. The summed E-state index contributed by atoms with van der Waals surface area (Å²) in [5.74, 6) is -1.42. The second-order valence-electron chi connectivity index (χ2n) is 4.08. The van der Waals surface area contributed by atoms with Crippen molar-refractivity contribution in [2.75, 3.05) is 13.6 Å². The van der Waals surface area contributed by atoms with Gasteiger partial charge in [-0.3, -0.25) is 14.5 Å². The van der Waals surface area contributed by atoms with Gasteiger partial charge in [0.2, 0.25) is 5.43 Å². The summed E-state index contributed by atoms with van der Waals surface area (Å²) in [5, 5.41) is 27.4. The normalized spacial score (nSPS) is 10.9. The Morgan fingerprint density at radius 2 is 2.11 bits per heavy atom. The van der Waals surface area contributed by atoms with Gasteiger partial charge in [-0.15, -0.1) is 0 Å². The van der Waals surface area contributed by atoms with Gasteiger partial charge >= 0.3 is 5.97 Å². The summed E-state index contributed by atoms with van der Waals surface area (Å²) in [4.78, 5) is 23.5. The van der Waals surface area contributed by atoms with Gasteiger partial charge in [0.1, 0.15) is 0 Å². The van der Waals surface area contributed by atoms with Gasteiger partial charge in [-0.2, -0.15) is 0 Å². The summed E-state index contributed by atoms with van der Waals surface area (Å²) in [6.07, 6.45) is 0. The molecule has 0 radical (unpaired) electrons. The Morgan fingerprint density at radius 1 is 1.50 bits per heavy atom. The molecule has 0 aromatic carbocycles. The Morgan fingerprint density at radius 3 is 2.61 bits per heavy atom. The lowest BCUT2D eigenvalue weighted by Crippen LogP contribution is -2.28. The molecule has 1 aromatic heterocycles. The van der Waals surface area contributed by atoms with Gasteiger partial charge in [-0.1, -0.05) is 0 Å². The van der Waals surface area contributed by atoms with Gasteiger partial charge in [0.05, 0.1) is 18.8 Å². The van der Waals surface area contributed by atoms with E-state index >= 15 is 0 Å². The zero-order valence-electron chi connectivity index (χ0n) is 10.3. The van der Waals surface area contributed by atoms with Crippen molar-refractivity contribution in [1.82, 2.24) is 9.47 Å². The number of hydrogen-bond acceptors (Lipinski definition) is 5. The number of pyridine rings is 1. The third kappa shape index (κ3) is 3.08. The average Bonchev–Trinajstić information content (AvgIpc) is 2.28. The molecule has 0 atom stereocenters. The Balaban J connectivity index is 3.11. The van der Waals surface area contributed by atoms with Crippen LogP contribution in [0, 0.1) is 0 Å². The number of aliphatic hydroxyl groups excluding tert-OH is 1. The van der Waals surface area contributed by atoms with Crippen LogP contribution in [-0.2, 0) is 25.0 Å². The topological polar surface area (TPSA) is 103 Å². The van der Waals surface area contributed by atoms with Gasteiger partial charge in [-0.05, 0) is 7.05 Å². The van der Waals surface area contributed by atoms with Crippen molar-refractivity contribution >= 4 is 5.97 Å². The Hall–Kier alpha value is -1.86. The van der Waals surface area contributed by atoms with Crippen LogP contribution in [0.2, 0.25) is 0 Å². The highest BCUT2D eigenvalue weighted by Gasteiger charge is 2.15. The van der Waals surface area contributed by atoms with E-state index in [4.69, 9.17) is 10.2 Å². The molecule has 0 spiro atoms. The van der Waals surface area contributed by atoms with E-state index in [1.807, 2.05) is 0 Å².